The lowest BCUT2D eigenvalue weighted by atomic mass is 10.1. The van der Waals surface area contributed by atoms with Crippen LogP contribution in [0.2, 0.25) is 0 Å². The van der Waals surface area contributed by atoms with E-state index in [-0.39, 0.29) is 0 Å². The maximum atomic E-state index is 8.40. The normalized spacial score (nSPS) is 10.2. The summed E-state index contributed by atoms with van der Waals surface area (Å²) >= 11 is 0. The number of aromatic nitrogens is 2. The number of benzene rings is 4. The number of nitrogens with zero attached hydrogens (tertiary/aromatic N) is 4. The topological polar surface area (TPSA) is 65.4 Å². The van der Waals surface area contributed by atoms with Crippen molar-refractivity contribution in [1.82, 2.24) is 9.55 Å². The first kappa shape index (κ1) is 21.6. The van der Waals surface area contributed by atoms with Crippen LogP contribution < -0.4 is 0 Å². The van der Waals surface area contributed by atoms with E-state index in [0.29, 0.717) is 11.1 Å². The van der Waals surface area contributed by atoms with Crippen LogP contribution in [0.5, 0.6) is 0 Å². The minimum absolute atomic E-state index is 0.527. The lowest BCUT2D eigenvalue weighted by Crippen LogP contribution is -1.97. The Labute approximate surface area is 203 Å². The molecular formula is C31H20N4. The highest BCUT2D eigenvalue weighted by Gasteiger charge is 2.12. The molecule has 0 saturated heterocycles. The molecule has 0 fully saturated rings. The zero-order valence-electron chi connectivity index (χ0n) is 18.8. The average Bonchev–Trinajstić information content (AvgIpc) is 3.28. The van der Waals surface area contributed by atoms with Gasteiger partial charge >= 0.3 is 0 Å². The van der Waals surface area contributed by atoms with Crippen molar-refractivity contribution >= 4 is 21.8 Å². The van der Waals surface area contributed by atoms with Crippen LogP contribution in [0.15, 0.2) is 121 Å². The van der Waals surface area contributed by atoms with Crippen molar-refractivity contribution in [1.29, 1.82) is 10.5 Å². The number of pyridine rings is 1. The summed E-state index contributed by atoms with van der Waals surface area (Å²) in [4.78, 5) is 4.67. The molecule has 2 heterocycles. The summed E-state index contributed by atoms with van der Waals surface area (Å²) in [5, 5.41) is 19.3. The van der Waals surface area contributed by atoms with Gasteiger partial charge in [-0.2, -0.15) is 10.5 Å². The Morgan fingerprint density at radius 1 is 0.543 bits per heavy atom. The molecule has 4 heteroatoms. The molecule has 2 aromatic heterocycles. The maximum absolute atomic E-state index is 8.40. The SMILES string of the molecule is N#Cc1cccc(C#N)c1.c1ccc(-c2ccnc(-n3c4ccccc4c4ccccc43)c2)cc1. The smallest absolute Gasteiger partial charge is 0.138 e. The van der Waals surface area contributed by atoms with Crippen LogP contribution in [-0.2, 0) is 0 Å². The Hall–Kier alpha value is -5.19. The maximum Gasteiger partial charge on any atom is 0.138 e. The Balaban J connectivity index is 0.000000214. The third-order valence-electron chi connectivity index (χ3n) is 5.78. The van der Waals surface area contributed by atoms with Crippen LogP contribution in [0.3, 0.4) is 0 Å². The van der Waals surface area contributed by atoms with E-state index in [1.807, 2.05) is 24.4 Å². The van der Waals surface area contributed by atoms with E-state index in [0.717, 1.165) is 5.82 Å². The third-order valence-corrected chi connectivity index (χ3v) is 5.78. The van der Waals surface area contributed by atoms with Crippen LogP contribution in [0.25, 0.3) is 38.8 Å². The number of hydrogen-bond acceptors (Lipinski definition) is 3. The fraction of sp³-hybridized carbons (Fsp3) is 0. The zero-order chi connectivity index (χ0) is 24.0. The van der Waals surface area contributed by atoms with Crippen molar-refractivity contribution in [3.63, 3.8) is 0 Å². The molecule has 0 N–H and O–H groups in total. The average molecular weight is 449 g/mol. The Kier molecular flexibility index (Phi) is 6.03. The number of nitriles is 2. The quantitative estimate of drug-likeness (QED) is 0.280. The fourth-order valence-corrected chi connectivity index (χ4v) is 4.18. The van der Waals surface area contributed by atoms with Crippen molar-refractivity contribution in [2.75, 3.05) is 0 Å². The standard InChI is InChI=1S/C23H16N2.C8H4N2/c1-2-8-17(9-3-1)18-14-15-24-23(16-18)25-21-12-6-4-10-19(21)20-11-5-7-13-22(20)25;9-5-7-2-1-3-8(4-7)6-10/h1-16H;1-4H. The third kappa shape index (κ3) is 4.37. The number of hydrogen-bond donors (Lipinski definition) is 0. The second-order valence-corrected chi connectivity index (χ2v) is 7.94. The number of rotatable bonds is 2. The summed E-state index contributed by atoms with van der Waals surface area (Å²) in [6.07, 6.45) is 1.89. The molecule has 0 amide bonds. The first-order valence-corrected chi connectivity index (χ1v) is 11.2. The van der Waals surface area contributed by atoms with E-state index < -0.39 is 0 Å². The van der Waals surface area contributed by atoms with Gasteiger partial charge in [0.05, 0.1) is 34.3 Å². The van der Waals surface area contributed by atoms with Gasteiger partial charge in [0.2, 0.25) is 0 Å². The molecule has 0 atom stereocenters. The van der Waals surface area contributed by atoms with Crippen LogP contribution >= 0.6 is 0 Å². The zero-order valence-corrected chi connectivity index (χ0v) is 18.8. The minimum atomic E-state index is 0.527. The lowest BCUT2D eigenvalue weighted by molar-refractivity contribution is 1.08. The monoisotopic (exact) mass is 448 g/mol. The second kappa shape index (κ2) is 9.75. The molecule has 164 valence electrons. The van der Waals surface area contributed by atoms with Crippen molar-refractivity contribution in [2.24, 2.45) is 0 Å². The molecule has 6 rings (SSSR count). The molecular weight excluding hydrogens is 428 g/mol. The summed E-state index contributed by atoms with van der Waals surface area (Å²) in [7, 11) is 0. The number of fused-ring (bicyclic) bond motifs is 3. The highest BCUT2D eigenvalue weighted by molar-refractivity contribution is 6.09. The predicted molar refractivity (Wildman–Crippen MR) is 140 cm³/mol. The van der Waals surface area contributed by atoms with E-state index in [1.165, 1.54) is 32.9 Å². The first-order valence-electron chi connectivity index (χ1n) is 11.2. The molecule has 0 saturated carbocycles. The van der Waals surface area contributed by atoms with Crippen molar-refractivity contribution < 1.29 is 0 Å². The van der Waals surface area contributed by atoms with Gasteiger partial charge in [-0.05, 0) is 53.6 Å². The van der Waals surface area contributed by atoms with Gasteiger partial charge in [0.15, 0.2) is 0 Å². The van der Waals surface area contributed by atoms with Gasteiger partial charge in [-0.15, -0.1) is 0 Å². The summed E-state index contributed by atoms with van der Waals surface area (Å²) in [6.45, 7) is 0. The van der Waals surface area contributed by atoms with Gasteiger partial charge in [0.25, 0.3) is 0 Å². The fourth-order valence-electron chi connectivity index (χ4n) is 4.18. The Morgan fingerprint density at radius 2 is 1.11 bits per heavy atom. The minimum Gasteiger partial charge on any atom is -0.294 e. The van der Waals surface area contributed by atoms with Crippen molar-refractivity contribution in [2.45, 2.75) is 0 Å². The molecule has 6 aromatic rings. The van der Waals surface area contributed by atoms with Gasteiger partial charge < -0.3 is 0 Å². The molecule has 0 radical (unpaired) electrons. The molecule has 0 bridgehead atoms. The van der Waals surface area contributed by atoms with Crippen molar-refractivity contribution in [3.05, 3.63) is 133 Å². The van der Waals surface area contributed by atoms with E-state index in [1.54, 1.807) is 24.3 Å². The molecule has 0 aliphatic carbocycles. The Bertz CT molecular complexity index is 1630. The molecule has 4 aromatic carbocycles. The summed E-state index contributed by atoms with van der Waals surface area (Å²) in [5.41, 5.74) is 5.79. The van der Waals surface area contributed by atoms with Gasteiger partial charge in [-0.25, -0.2) is 4.98 Å². The van der Waals surface area contributed by atoms with Crippen LogP contribution in [-0.4, -0.2) is 9.55 Å². The predicted octanol–water partition coefficient (Wildman–Crippen LogP) is 7.28. The molecule has 4 nitrogen and oxygen atoms in total. The van der Waals surface area contributed by atoms with Gasteiger partial charge in [-0.1, -0.05) is 72.8 Å². The van der Waals surface area contributed by atoms with E-state index in [4.69, 9.17) is 10.5 Å². The van der Waals surface area contributed by atoms with E-state index in [9.17, 15) is 0 Å². The molecule has 0 spiro atoms. The lowest BCUT2D eigenvalue weighted by Gasteiger charge is -2.09. The first-order chi connectivity index (χ1) is 17.3. The molecule has 0 aliphatic heterocycles. The van der Waals surface area contributed by atoms with Crippen LogP contribution in [0.1, 0.15) is 11.1 Å². The second-order valence-electron chi connectivity index (χ2n) is 7.94. The molecule has 35 heavy (non-hydrogen) atoms. The molecule has 0 aliphatic rings. The molecule has 0 unspecified atom stereocenters. The summed E-state index contributed by atoms with van der Waals surface area (Å²) in [5.74, 6) is 0.943. The number of para-hydroxylation sites is 2. The van der Waals surface area contributed by atoms with Crippen LogP contribution in [0.4, 0.5) is 0 Å². The Morgan fingerprint density at radius 3 is 1.71 bits per heavy atom. The summed E-state index contributed by atoms with van der Waals surface area (Å²) in [6, 6.07) is 42.2. The van der Waals surface area contributed by atoms with Gasteiger partial charge in [0.1, 0.15) is 5.82 Å². The summed E-state index contributed by atoms with van der Waals surface area (Å²) < 4.78 is 2.25. The van der Waals surface area contributed by atoms with Crippen molar-refractivity contribution in [3.8, 4) is 29.1 Å². The van der Waals surface area contributed by atoms with E-state index >= 15 is 0 Å². The largest absolute Gasteiger partial charge is 0.294 e. The van der Waals surface area contributed by atoms with Gasteiger partial charge in [-0.3, -0.25) is 4.57 Å². The van der Waals surface area contributed by atoms with Gasteiger partial charge in [0, 0.05) is 17.0 Å². The van der Waals surface area contributed by atoms with E-state index in [2.05, 4.69) is 94.5 Å². The highest BCUT2D eigenvalue weighted by atomic mass is 15.1. The van der Waals surface area contributed by atoms with Crippen LogP contribution in [0, 0.1) is 22.7 Å². The highest BCUT2D eigenvalue weighted by Crippen LogP contribution is 2.32.